The molecule has 0 spiro atoms. The maximum absolute atomic E-state index is 10.4. The van der Waals surface area contributed by atoms with Crippen LogP contribution >= 0.6 is 11.6 Å². The van der Waals surface area contributed by atoms with Crippen LogP contribution in [0.2, 0.25) is 5.02 Å². The maximum atomic E-state index is 10.4. The second kappa shape index (κ2) is 8.24. The van der Waals surface area contributed by atoms with E-state index >= 15 is 0 Å². The summed E-state index contributed by atoms with van der Waals surface area (Å²) in [7, 11) is 0. The Kier molecular flexibility index (Phi) is 6.65. The maximum Gasteiger partial charge on any atom is 0.270 e. The number of nitrogens with zero attached hydrogens (tertiary/aromatic N) is 2. The molecule has 0 saturated heterocycles. The van der Waals surface area contributed by atoms with Crippen LogP contribution in [0.3, 0.4) is 0 Å². The van der Waals surface area contributed by atoms with E-state index in [4.69, 9.17) is 11.6 Å². The summed E-state index contributed by atoms with van der Waals surface area (Å²) in [4.78, 5) is 19.8. The minimum atomic E-state index is -0.467. The van der Waals surface area contributed by atoms with Gasteiger partial charge in [-0.3, -0.25) is 20.2 Å². The van der Waals surface area contributed by atoms with Gasteiger partial charge in [-0.25, -0.2) is 0 Å². The van der Waals surface area contributed by atoms with Gasteiger partial charge in [-0.15, -0.1) is 0 Å². The number of nitro groups is 2. The first-order valence-electron chi connectivity index (χ1n) is 6.87. The molecule has 2 rings (SSSR count). The second-order valence-electron chi connectivity index (χ2n) is 5.20. The summed E-state index contributed by atoms with van der Waals surface area (Å²) in [5, 5.41) is 21.0. The van der Waals surface area contributed by atoms with Crippen molar-refractivity contribution in [2.45, 2.75) is 26.7 Å². The minimum absolute atomic E-state index is 0.0283. The quantitative estimate of drug-likeness (QED) is 0.564. The van der Waals surface area contributed by atoms with Crippen molar-refractivity contribution in [2.24, 2.45) is 0 Å². The molecule has 6 nitrogen and oxygen atoms in total. The number of halogens is 1. The fourth-order valence-electron chi connectivity index (χ4n) is 1.69. The molecular weight excluding hydrogens is 320 g/mol. The zero-order valence-electron chi connectivity index (χ0n) is 13.0. The van der Waals surface area contributed by atoms with E-state index in [1.54, 1.807) is 25.1 Å². The van der Waals surface area contributed by atoms with E-state index in [-0.39, 0.29) is 16.3 Å². The van der Waals surface area contributed by atoms with Crippen LogP contribution in [0.4, 0.5) is 11.4 Å². The monoisotopic (exact) mass is 336 g/mol. The number of hydrogen-bond donors (Lipinski definition) is 0. The summed E-state index contributed by atoms with van der Waals surface area (Å²) in [6.45, 7) is 5.82. The van der Waals surface area contributed by atoms with Crippen molar-refractivity contribution in [1.29, 1.82) is 0 Å². The third kappa shape index (κ3) is 5.67. The zero-order chi connectivity index (χ0) is 17.6. The minimum Gasteiger partial charge on any atom is -0.258 e. The molecule has 0 unspecified atom stereocenters. The molecule has 0 aliphatic rings. The molecule has 0 fully saturated rings. The number of rotatable bonds is 3. The molecule has 122 valence electrons. The fraction of sp³-hybridized carbons (Fsp3) is 0.250. The third-order valence-electron chi connectivity index (χ3n) is 3.11. The molecule has 2 aromatic rings. The molecule has 0 aliphatic heterocycles. The molecule has 0 amide bonds. The summed E-state index contributed by atoms with van der Waals surface area (Å²) >= 11 is 5.65. The smallest absolute Gasteiger partial charge is 0.258 e. The van der Waals surface area contributed by atoms with Crippen LogP contribution in [0, 0.1) is 27.2 Å². The number of aryl methyl sites for hydroxylation is 1. The van der Waals surface area contributed by atoms with E-state index in [9.17, 15) is 20.2 Å². The van der Waals surface area contributed by atoms with Crippen molar-refractivity contribution in [2.75, 3.05) is 0 Å². The molecule has 0 bridgehead atoms. The summed E-state index contributed by atoms with van der Waals surface area (Å²) in [6, 6.07) is 11.1. The Morgan fingerprint density at radius 3 is 2.00 bits per heavy atom. The van der Waals surface area contributed by atoms with Gasteiger partial charge in [0.2, 0.25) is 0 Å². The first-order chi connectivity index (χ1) is 10.7. The lowest BCUT2D eigenvalue weighted by molar-refractivity contribution is -0.385. The standard InChI is InChI=1S/C9H11NO2.C7H6ClNO2/c1-7(2)8-4-3-5-9(6-8)10(11)12;1-5-2-3-6(9(10)11)4-7(5)8/h3-7H,1-2H3;2-4H,1H3. The van der Waals surface area contributed by atoms with Crippen molar-refractivity contribution in [3.8, 4) is 0 Å². The number of hydrogen-bond acceptors (Lipinski definition) is 4. The van der Waals surface area contributed by atoms with E-state index in [2.05, 4.69) is 0 Å². The highest BCUT2D eigenvalue weighted by molar-refractivity contribution is 6.31. The highest BCUT2D eigenvalue weighted by Gasteiger charge is 2.07. The molecule has 0 heterocycles. The largest absolute Gasteiger partial charge is 0.270 e. The molecule has 0 radical (unpaired) electrons. The van der Waals surface area contributed by atoms with Crippen LogP contribution in [-0.2, 0) is 0 Å². The average molecular weight is 337 g/mol. The van der Waals surface area contributed by atoms with E-state index in [1.807, 2.05) is 19.9 Å². The molecule has 0 atom stereocenters. The number of non-ortho nitro benzene ring substituents is 2. The SMILES string of the molecule is CC(C)c1cccc([N+](=O)[O-])c1.Cc1ccc([N+](=O)[O-])cc1Cl. The Morgan fingerprint density at radius 2 is 1.52 bits per heavy atom. The molecule has 0 aromatic heterocycles. The van der Waals surface area contributed by atoms with Crippen molar-refractivity contribution in [3.05, 3.63) is 78.8 Å². The lowest BCUT2D eigenvalue weighted by atomic mass is 10.0. The topological polar surface area (TPSA) is 86.3 Å². The van der Waals surface area contributed by atoms with Gasteiger partial charge in [0.05, 0.1) is 14.9 Å². The van der Waals surface area contributed by atoms with Crippen LogP contribution in [-0.4, -0.2) is 9.85 Å². The van der Waals surface area contributed by atoms with Gasteiger partial charge < -0.3 is 0 Å². The van der Waals surface area contributed by atoms with Crippen LogP contribution in [0.5, 0.6) is 0 Å². The predicted octanol–water partition coefficient (Wildman–Crippen LogP) is 5.27. The molecule has 0 N–H and O–H groups in total. The Bertz CT molecular complexity index is 717. The van der Waals surface area contributed by atoms with Gasteiger partial charge in [0.25, 0.3) is 11.4 Å². The van der Waals surface area contributed by atoms with Gasteiger partial charge in [-0.2, -0.15) is 0 Å². The summed E-state index contributed by atoms with van der Waals surface area (Å²) in [6.07, 6.45) is 0. The van der Waals surface area contributed by atoms with E-state index in [1.165, 1.54) is 18.2 Å². The van der Waals surface area contributed by atoms with Gasteiger partial charge in [0, 0.05) is 24.3 Å². The van der Waals surface area contributed by atoms with Crippen molar-refractivity contribution >= 4 is 23.0 Å². The van der Waals surface area contributed by atoms with Gasteiger partial charge in [0.15, 0.2) is 0 Å². The summed E-state index contributed by atoms with van der Waals surface area (Å²) in [5.74, 6) is 0.338. The molecular formula is C16H17ClN2O4. The van der Waals surface area contributed by atoms with Gasteiger partial charge in [-0.05, 0) is 24.0 Å². The lowest BCUT2D eigenvalue weighted by Crippen LogP contribution is -1.91. The number of benzene rings is 2. The number of nitro benzene ring substituents is 2. The van der Waals surface area contributed by atoms with Crippen molar-refractivity contribution in [3.63, 3.8) is 0 Å². The van der Waals surface area contributed by atoms with Gasteiger partial charge in [0.1, 0.15) is 0 Å². The lowest BCUT2D eigenvalue weighted by Gasteiger charge is -2.03. The predicted molar refractivity (Wildman–Crippen MR) is 90.0 cm³/mol. The first-order valence-corrected chi connectivity index (χ1v) is 7.25. The van der Waals surface area contributed by atoms with E-state index in [0.29, 0.717) is 10.9 Å². The van der Waals surface area contributed by atoms with E-state index in [0.717, 1.165) is 11.1 Å². The third-order valence-corrected chi connectivity index (χ3v) is 3.52. The molecule has 2 aromatic carbocycles. The van der Waals surface area contributed by atoms with Crippen LogP contribution in [0.1, 0.15) is 30.9 Å². The Labute approximate surface area is 139 Å². The molecule has 23 heavy (non-hydrogen) atoms. The Hall–Kier alpha value is -2.47. The summed E-state index contributed by atoms with van der Waals surface area (Å²) < 4.78 is 0. The van der Waals surface area contributed by atoms with Crippen molar-refractivity contribution < 1.29 is 9.85 Å². The van der Waals surface area contributed by atoms with Crippen molar-refractivity contribution in [1.82, 2.24) is 0 Å². The Morgan fingerprint density at radius 1 is 0.957 bits per heavy atom. The molecule has 0 aliphatic carbocycles. The highest BCUT2D eigenvalue weighted by atomic mass is 35.5. The van der Waals surface area contributed by atoms with Gasteiger partial charge >= 0.3 is 0 Å². The molecule has 0 saturated carbocycles. The molecule has 7 heteroatoms. The van der Waals surface area contributed by atoms with Crippen LogP contribution in [0.25, 0.3) is 0 Å². The Balaban J connectivity index is 0.000000231. The zero-order valence-corrected chi connectivity index (χ0v) is 13.8. The van der Waals surface area contributed by atoms with Crippen LogP contribution in [0.15, 0.2) is 42.5 Å². The average Bonchev–Trinajstić information content (AvgIpc) is 2.50. The normalized spacial score (nSPS) is 9.96. The first kappa shape index (κ1) is 18.6. The fourth-order valence-corrected chi connectivity index (χ4v) is 1.87. The summed E-state index contributed by atoms with van der Waals surface area (Å²) in [5.41, 5.74) is 2.04. The van der Waals surface area contributed by atoms with E-state index < -0.39 is 4.92 Å². The second-order valence-corrected chi connectivity index (χ2v) is 5.60. The highest BCUT2D eigenvalue weighted by Crippen LogP contribution is 2.21. The van der Waals surface area contributed by atoms with Gasteiger partial charge in [-0.1, -0.05) is 43.6 Å². The van der Waals surface area contributed by atoms with Crippen LogP contribution < -0.4 is 0 Å².